The van der Waals surface area contributed by atoms with E-state index in [4.69, 9.17) is 0 Å². The first-order chi connectivity index (χ1) is 9.66. The summed E-state index contributed by atoms with van der Waals surface area (Å²) in [7, 11) is 0. The molecule has 104 valence electrons. The molecular weight excluding hydrogens is 384 g/mol. The van der Waals surface area contributed by atoms with Crippen molar-refractivity contribution in [3.8, 4) is 0 Å². The summed E-state index contributed by atoms with van der Waals surface area (Å²) in [4.78, 5) is 11.8. The molecule has 0 aliphatic heterocycles. The van der Waals surface area contributed by atoms with Crippen LogP contribution in [0.5, 0.6) is 0 Å². The molecule has 0 heterocycles. The smallest absolute Gasteiger partial charge is 0.239 e. The minimum atomic E-state index is -0.0449. The van der Waals surface area contributed by atoms with Crippen LogP contribution in [0.15, 0.2) is 57.5 Å². The number of anilines is 1. The Kier molecular flexibility index (Phi) is 5.61. The normalized spacial score (nSPS) is 10.1. The van der Waals surface area contributed by atoms with E-state index in [1.807, 2.05) is 48.5 Å². The third-order valence-corrected chi connectivity index (χ3v) is 4.04. The lowest BCUT2D eigenvalue weighted by atomic mass is 10.2. The number of carbonyl (C=O) groups is 1. The summed E-state index contributed by atoms with van der Waals surface area (Å²) in [5.74, 6) is -0.0449. The molecule has 0 aliphatic rings. The summed E-state index contributed by atoms with van der Waals surface area (Å²) >= 11 is 6.90. The van der Waals surface area contributed by atoms with Gasteiger partial charge >= 0.3 is 0 Å². The van der Waals surface area contributed by atoms with Gasteiger partial charge in [0, 0.05) is 15.5 Å². The van der Waals surface area contributed by atoms with Crippen LogP contribution in [0, 0.1) is 0 Å². The summed E-state index contributed by atoms with van der Waals surface area (Å²) in [6.45, 7) is 0.770. The number of hydrogen-bond donors (Lipinski definition) is 2. The minimum absolute atomic E-state index is 0.0449. The van der Waals surface area contributed by atoms with Crippen molar-refractivity contribution in [2.24, 2.45) is 0 Å². The Labute approximate surface area is 135 Å². The molecule has 2 aromatic rings. The number of nitrogens with one attached hydrogen (secondary N) is 2. The molecule has 2 aromatic carbocycles. The maximum atomic E-state index is 11.8. The number of rotatable bonds is 5. The topological polar surface area (TPSA) is 41.1 Å². The zero-order valence-corrected chi connectivity index (χ0v) is 13.9. The predicted octanol–water partition coefficient (Wildman–Crippen LogP) is 3.94. The van der Waals surface area contributed by atoms with E-state index in [1.165, 1.54) is 0 Å². The molecule has 0 saturated carbocycles. The first-order valence-electron chi connectivity index (χ1n) is 6.15. The summed E-state index contributed by atoms with van der Waals surface area (Å²) in [5.41, 5.74) is 1.96. The number of carbonyl (C=O) groups excluding carboxylic acids is 1. The molecule has 0 saturated heterocycles. The molecule has 20 heavy (non-hydrogen) atoms. The van der Waals surface area contributed by atoms with E-state index < -0.39 is 0 Å². The molecular formula is C15H14Br2N2O. The first-order valence-corrected chi connectivity index (χ1v) is 7.74. The predicted molar refractivity (Wildman–Crippen MR) is 88.6 cm³/mol. The number of para-hydroxylation sites is 1. The van der Waals surface area contributed by atoms with Crippen molar-refractivity contribution in [1.82, 2.24) is 5.32 Å². The molecule has 0 fully saturated rings. The first kappa shape index (κ1) is 15.1. The standard InChI is InChI=1S/C15H14Br2N2O/c16-12-7-4-8-13(17)15(12)19-10-14(20)18-9-11-5-2-1-3-6-11/h1-8,19H,9-10H2,(H,18,20). The van der Waals surface area contributed by atoms with Crippen molar-refractivity contribution in [2.75, 3.05) is 11.9 Å². The zero-order chi connectivity index (χ0) is 14.4. The van der Waals surface area contributed by atoms with Crippen molar-refractivity contribution in [3.05, 3.63) is 63.0 Å². The van der Waals surface area contributed by atoms with Crippen molar-refractivity contribution in [2.45, 2.75) is 6.54 Å². The number of benzene rings is 2. The highest BCUT2D eigenvalue weighted by atomic mass is 79.9. The SMILES string of the molecule is O=C(CNc1c(Br)cccc1Br)NCc1ccccc1. The van der Waals surface area contributed by atoms with Gasteiger partial charge in [0.05, 0.1) is 12.2 Å². The van der Waals surface area contributed by atoms with Crippen LogP contribution in [-0.2, 0) is 11.3 Å². The van der Waals surface area contributed by atoms with Gasteiger partial charge in [0.25, 0.3) is 0 Å². The Morgan fingerprint density at radius 2 is 1.60 bits per heavy atom. The third-order valence-electron chi connectivity index (χ3n) is 2.72. The van der Waals surface area contributed by atoms with Crippen LogP contribution >= 0.6 is 31.9 Å². The third kappa shape index (κ3) is 4.35. The van der Waals surface area contributed by atoms with E-state index >= 15 is 0 Å². The van der Waals surface area contributed by atoms with E-state index in [9.17, 15) is 4.79 Å². The maximum absolute atomic E-state index is 11.8. The van der Waals surface area contributed by atoms with Gasteiger partial charge in [-0.15, -0.1) is 0 Å². The highest BCUT2D eigenvalue weighted by Crippen LogP contribution is 2.30. The molecule has 1 amide bonds. The van der Waals surface area contributed by atoms with Gasteiger partial charge in [0.2, 0.25) is 5.91 Å². The van der Waals surface area contributed by atoms with Crippen LogP contribution in [0.2, 0.25) is 0 Å². The van der Waals surface area contributed by atoms with Crippen molar-refractivity contribution in [1.29, 1.82) is 0 Å². The Hall–Kier alpha value is -1.33. The zero-order valence-electron chi connectivity index (χ0n) is 10.7. The highest BCUT2D eigenvalue weighted by Gasteiger charge is 2.06. The molecule has 2 N–H and O–H groups in total. The van der Waals surface area contributed by atoms with Gasteiger partial charge in [-0.1, -0.05) is 36.4 Å². The Bertz CT molecular complexity index is 567. The van der Waals surface area contributed by atoms with E-state index in [0.717, 1.165) is 20.2 Å². The van der Waals surface area contributed by atoms with E-state index in [0.29, 0.717) is 6.54 Å². The highest BCUT2D eigenvalue weighted by molar-refractivity contribution is 9.11. The summed E-state index contributed by atoms with van der Waals surface area (Å²) in [5, 5.41) is 5.99. The average Bonchev–Trinajstić information content (AvgIpc) is 2.46. The van der Waals surface area contributed by atoms with Crippen molar-refractivity contribution in [3.63, 3.8) is 0 Å². The lowest BCUT2D eigenvalue weighted by Crippen LogP contribution is -2.29. The summed E-state index contributed by atoms with van der Waals surface area (Å²) in [6, 6.07) is 15.6. The second kappa shape index (κ2) is 7.45. The second-order valence-corrected chi connectivity index (χ2v) is 5.92. The molecule has 0 atom stereocenters. The van der Waals surface area contributed by atoms with Crippen molar-refractivity contribution >= 4 is 43.5 Å². The van der Waals surface area contributed by atoms with Gasteiger partial charge in [-0.2, -0.15) is 0 Å². The molecule has 0 spiro atoms. The van der Waals surface area contributed by atoms with Crippen LogP contribution in [0.25, 0.3) is 0 Å². The van der Waals surface area contributed by atoms with E-state index in [2.05, 4.69) is 42.5 Å². The molecule has 0 aliphatic carbocycles. The van der Waals surface area contributed by atoms with Crippen LogP contribution < -0.4 is 10.6 Å². The fourth-order valence-electron chi connectivity index (χ4n) is 1.69. The lowest BCUT2D eigenvalue weighted by Gasteiger charge is -2.11. The lowest BCUT2D eigenvalue weighted by molar-refractivity contribution is -0.119. The Morgan fingerprint density at radius 3 is 2.25 bits per heavy atom. The number of hydrogen-bond acceptors (Lipinski definition) is 2. The molecule has 2 rings (SSSR count). The van der Waals surface area contributed by atoms with E-state index in [1.54, 1.807) is 0 Å². The van der Waals surface area contributed by atoms with Gasteiger partial charge in [-0.25, -0.2) is 0 Å². The summed E-state index contributed by atoms with van der Waals surface area (Å²) in [6.07, 6.45) is 0. The maximum Gasteiger partial charge on any atom is 0.239 e. The minimum Gasteiger partial charge on any atom is -0.374 e. The number of halogens is 2. The van der Waals surface area contributed by atoms with Gasteiger partial charge in [-0.05, 0) is 49.6 Å². The largest absolute Gasteiger partial charge is 0.374 e. The fraction of sp³-hybridized carbons (Fsp3) is 0.133. The van der Waals surface area contributed by atoms with Crippen LogP contribution in [0.1, 0.15) is 5.56 Å². The Morgan fingerprint density at radius 1 is 0.950 bits per heavy atom. The van der Waals surface area contributed by atoms with Gasteiger partial charge in [-0.3, -0.25) is 4.79 Å². The van der Waals surface area contributed by atoms with Crippen molar-refractivity contribution < 1.29 is 4.79 Å². The quantitative estimate of drug-likeness (QED) is 0.802. The fourth-order valence-corrected chi connectivity index (χ4v) is 2.97. The van der Waals surface area contributed by atoms with Gasteiger partial charge in [0.15, 0.2) is 0 Å². The van der Waals surface area contributed by atoms with Crippen LogP contribution in [-0.4, -0.2) is 12.5 Å². The average molecular weight is 398 g/mol. The van der Waals surface area contributed by atoms with Crippen LogP contribution in [0.4, 0.5) is 5.69 Å². The van der Waals surface area contributed by atoms with Crippen LogP contribution in [0.3, 0.4) is 0 Å². The molecule has 0 radical (unpaired) electrons. The number of amides is 1. The molecule has 5 heteroatoms. The Balaban J connectivity index is 1.84. The van der Waals surface area contributed by atoms with E-state index in [-0.39, 0.29) is 12.5 Å². The molecule has 0 aromatic heterocycles. The summed E-state index contributed by atoms with van der Waals surface area (Å²) < 4.78 is 1.84. The molecule has 3 nitrogen and oxygen atoms in total. The van der Waals surface area contributed by atoms with Gasteiger partial charge in [0.1, 0.15) is 0 Å². The second-order valence-electron chi connectivity index (χ2n) is 4.21. The molecule has 0 unspecified atom stereocenters. The van der Waals surface area contributed by atoms with Gasteiger partial charge < -0.3 is 10.6 Å². The molecule has 0 bridgehead atoms. The monoisotopic (exact) mass is 396 g/mol.